The van der Waals surface area contributed by atoms with Crippen molar-refractivity contribution in [3.05, 3.63) is 53.1 Å². The fraction of sp³-hybridized carbons (Fsp3) is 0.409. The third kappa shape index (κ3) is 3.42. The summed E-state index contributed by atoms with van der Waals surface area (Å²) in [6.07, 6.45) is 4.39. The fourth-order valence-corrected chi connectivity index (χ4v) is 5.89. The first-order valence-electron chi connectivity index (χ1n) is 10.3. The molecule has 1 aliphatic carbocycles. The van der Waals surface area contributed by atoms with Gasteiger partial charge in [0.25, 0.3) is 0 Å². The number of piperazine rings is 1. The van der Waals surface area contributed by atoms with Gasteiger partial charge in [0, 0.05) is 26.2 Å². The van der Waals surface area contributed by atoms with E-state index in [1.165, 1.54) is 23.1 Å². The van der Waals surface area contributed by atoms with Crippen molar-refractivity contribution in [3.63, 3.8) is 0 Å². The molecule has 0 spiro atoms. The molecular formula is C22H26N4O2S. The van der Waals surface area contributed by atoms with E-state index in [1.807, 2.05) is 18.2 Å². The van der Waals surface area contributed by atoms with Crippen LogP contribution in [0.4, 0.5) is 5.95 Å². The minimum atomic E-state index is -3.46. The Morgan fingerprint density at radius 3 is 2.48 bits per heavy atom. The van der Waals surface area contributed by atoms with Crippen LogP contribution in [0.1, 0.15) is 29.5 Å². The predicted octanol–water partition coefficient (Wildman–Crippen LogP) is 3.26. The van der Waals surface area contributed by atoms with E-state index in [-0.39, 0.29) is 0 Å². The van der Waals surface area contributed by atoms with Gasteiger partial charge in [-0.15, -0.1) is 0 Å². The molecule has 7 heteroatoms. The van der Waals surface area contributed by atoms with E-state index in [4.69, 9.17) is 0 Å². The lowest BCUT2D eigenvalue weighted by atomic mass is 9.92. The highest BCUT2D eigenvalue weighted by atomic mass is 32.2. The molecule has 0 amide bonds. The van der Waals surface area contributed by atoms with Gasteiger partial charge in [-0.1, -0.05) is 12.1 Å². The van der Waals surface area contributed by atoms with Crippen molar-refractivity contribution in [3.8, 4) is 0 Å². The third-order valence-corrected chi connectivity index (χ3v) is 8.02. The number of imidazole rings is 1. The van der Waals surface area contributed by atoms with E-state index in [9.17, 15) is 8.42 Å². The van der Waals surface area contributed by atoms with Crippen LogP contribution in [-0.2, 0) is 22.9 Å². The number of anilines is 1. The number of sulfonamides is 1. The van der Waals surface area contributed by atoms with E-state index in [0.717, 1.165) is 36.2 Å². The maximum absolute atomic E-state index is 13.2. The van der Waals surface area contributed by atoms with Crippen molar-refractivity contribution in [1.82, 2.24) is 14.3 Å². The molecule has 1 aromatic heterocycles. The molecule has 29 heavy (non-hydrogen) atoms. The summed E-state index contributed by atoms with van der Waals surface area (Å²) >= 11 is 0. The average Bonchev–Trinajstić information content (AvgIpc) is 3.16. The maximum atomic E-state index is 13.2. The van der Waals surface area contributed by atoms with Crippen molar-refractivity contribution < 1.29 is 8.42 Å². The molecule has 1 fully saturated rings. The standard InChI is InChI=1S/C22H26N4O2S/c1-16-6-9-20-21(14-16)24-22(23-20)25-10-12-26(13-11-25)29(27,28)19-8-7-17-4-2-3-5-18(17)15-19/h6-9,14-15H,2-5,10-13H2,1H3,(H,23,24). The molecule has 2 heterocycles. The predicted molar refractivity (Wildman–Crippen MR) is 115 cm³/mol. The summed E-state index contributed by atoms with van der Waals surface area (Å²) in [5, 5.41) is 0. The number of hydrogen-bond acceptors (Lipinski definition) is 4. The molecule has 0 unspecified atom stereocenters. The first kappa shape index (κ1) is 18.6. The highest BCUT2D eigenvalue weighted by Crippen LogP contribution is 2.27. The zero-order valence-electron chi connectivity index (χ0n) is 16.7. The number of benzene rings is 2. The molecule has 0 radical (unpaired) electrons. The summed E-state index contributed by atoms with van der Waals surface area (Å²) in [6.45, 7) is 4.25. The van der Waals surface area contributed by atoms with Gasteiger partial charge in [-0.25, -0.2) is 13.4 Å². The number of H-pyrrole nitrogens is 1. The van der Waals surface area contributed by atoms with Crippen LogP contribution in [-0.4, -0.2) is 48.9 Å². The lowest BCUT2D eigenvalue weighted by Crippen LogP contribution is -2.49. The first-order chi connectivity index (χ1) is 14.0. The Bertz CT molecular complexity index is 1160. The zero-order chi connectivity index (χ0) is 20.0. The second-order valence-electron chi connectivity index (χ2n) is 8.11. The van der Waals surface area contributed by atoms with E-state index >= 15 is 0 Å². The third-order valence-electron chi connectivity index (χ3n) is 6.12. The summed E-state index contributed by atoms with van der Waals surface area (Å²) in [5.41, 5.74) is 5.65. The molecule has 5 rings (SSSR count). The van der Waals surface area contributed by atoms with Gasteiger partial charge < -0.3 is 9.88 Å². The monoisotopic (exact) mass is 410 g/mol. The van der Waals surface area contributed by atoms with Gasteiger partial charge in [-0.2, -0.15) is 4.31 Å². The van der Waals surface area contributed by atoms with Crippen molar-refractivity contribution >= 4 is 27.0 Å². The Morgan fingerprint density at radius 1 is 0.931 bits per heavy atom. The number of rotatable bonds is 3. The Kier molecular flexibility index (Phi) is 4.59. The number of nitrogens with zero attached hydrogens (tertiary/aromatic N) is 3. The number of aromatic nitrogens is 2. The Morgan fingerprint density at radius 2 is 1.69 bits per heavy atom. The molecule has 1 aliphatic heterocycles. The molecule has 1 N–H and O–H groups in total. The summed E-state index contributed by atoms with van der Waals surface area (Å²) in [5.74, 6) is 0.816. The van der Waals surface area contributed by atoms with Gasteiger partial charge in [-0.05, 0) is 73.6 Å². The molecule has 0 saturated carbocycles. The number of fused-ring (bicyclic) bond motifs is 2. The highest BCUT2D eigenvalue weighted by molar-refractivity contribution is 7.89. The average molecular weight is 411 g/mol. The zero-order valence-corrected chi connectivity index (χ0v) is 17.5. The van der Waals surface area contributed by atoms with E-state index in [0.29, 0.717) is 31.1 Å². The van der Waals surface area contributed by atoms with Crippen LogP contribution in [0.2, 0.25) is 0 Å². The van der Waals surface area contributed by atoms with Crippen LogP contribution in [0.5, 0.6) is 0 Å². The molecule has 3 aromatic rings. The number of aryl methyl sites for hydroxylation is 3. The molecular weight excluding hydrogens is 384 g/mol. The fourth-order valence-electron chi connectivity index (χ4n) is 4.42. The van der Waals surface area contributed by atoms with Crippen molar-refractivity contribution in [2.45, 2.75) is 37.5 Å². The number of hydrogen-bond donors (Lipinski definition) is 1. The smallest absolute Gasteiger partial charge is 0.243 e. The van der Waals surface area contributed by atoms with E-state index in [1.54, 1.807) is 10.4 Å². The lowest BCUT2D eigenvalue weighted by molar-refractivity contribution is 0.383. The largest absolute Gasteiger partial charge is 0.340 e. The number of nitrogens with one attached hydrogen (secondary N) is 1. The minimum Gasteiger partial charge on any atom is -0.340 e. The molecule has 6 nitrogen and oxygen atoms in total. The minimum absolute atomic E-state index is 0.436. The second kappa shape index (κ2) is 7.15. The molecule has 0 bridgehead atoms. The number of aromatic amines is 1. The first-order valence-corrected chi connectivity index (χ1v) is 11.8. The summed E-state index contributed by atoms with van der Waals surface area (Å²) in [6, 6.07) is 11.8. The van der Waals surface area contributed by atoms with Crippen LogP contribution < -0.4 is 4.90 Å². The van der Waals surface area contributed by atoms with E-state index < -0.39 is 10.0 Å². The van der Waals surface area contributed by atoms with Gasteiger partial charge in [0.15, 0.2) is 0 Å². The quantitative estimate of drug-likeness (QED) is 0.720. The van der Waals surface area contributed by atoms with E-state index in [2.05, 4.69) is 33.9 Å². The molecule has 2 aromatic carbocycles. The van der Waals surface area contributed by atoms with Gasteiger partial charge in [-0.3, -0.25) is 0 Å². The van der Waals surface area contributed by atoms with Crippen LogP contribution in [0.3, 0.4) is 0 Å². The maximum Gasteiger partial charge on any atom is 0.243 e. The van der Waals surface area contributed by atoms with Gasteiger partial charge in [0.2, 0.25) is 16.0 Å². The van der Waals surface area contributed by atoms with Gasteiger partial charge >= 0.3 is 0 Å². The van der Waals surface area contributed by atoms with Crippen molar-refractivity contribution in [1.29, 1.82) is 0 Å². The Hall–Kier alpha value is -2.38. The van der Waals surface area contributed by atoms with Crippen LogP contribution >= 0.6 is 0 Å². The Balaban J connectivity index is 1.32. The lowest BCUT2D eigenvalue weighted by Gasteiger charge is -2.34. The SMILES string of the molecule is Cc1ccc2nc(N3CCN(S(=O)(=O)c4ccc5c(c4)CCCC5)CC3)[nH]c2c1. The summed E-state index contributed by atoms with van der Waals surface area (Å²) in [7, 11) is -3.46. The van der Waals surface area contributed by atoms with Gasteiger partial charge in [0.05, 0.1) is 15.9 Å². The molecule has 1 saturated heterocycles. The summed E-state index contributed by atoms with van der Waals surface area (Å²) < 4.78 is 28.0. The topological polar surface area (TPSA) is 69.3 Å². The van der Waals surface area contributed by atoms with Gasteiger partial charge in [0.1, 0.15) is 0 Å². The van der Waals surface area contributed by atoms with Crippen molar-refractivity contribution in [2.75, 3.05) is 31.1 Å². The van der Waals surface area contributed by atoms with Crippen molar-refractivity contribution in [2.24, 2.45) is 0 Å². The summed E-state index contributed by atoms with van der Waals surface area (Å²) in [4.78, 5) is 10.6. The second-order valence-corrected chi connectivity index (χ2v) is 10.0. The van der Waals surface area contributed by atoms with Crippen LogP contribution in [0.25, 0.3) is 11.0 Å². The molecule has 2 aliphatic rings. The van der Waals surface area contributed by atoms with Crippen LogP contribution in [0.15, 0.2) is 41.3 Å². The van der Waals surface area contributed by atoms with Crippen LogP contribution in [0, 0.1) is 6.92 Å². The molecule has 0 atom stereocenters. The molecule has 152 valence electrons. The highest BCUT2D eigenvalue weighted by Gasteiger charge is 2.30. The normalized spacial score (nSPS) is 18.2. The Labute approximate surface area is 171 Å².